The number of aliphatic hydroxyl groups is 2. The van der Waals surface area contributed by atoms with Crippen molar-refractivity contribution in [1.82, 2.24) is 0 Å². The zero-order chi connectivity index (χ0) is 8.15. The van der Waals surface area contributed by atoms with Gasteiger partial charge in [-0.25, -0.2) is 0 Å². The molecule has 0 saturated carbocycles. The van der Waals surface area contributed by atoms with Gasteiger partial charge >= 0.3 is 0 Å². The Hall–Kier alpha value is -0.340. The van der Waals surface area contributed by atoms with E-state index in [2.05, 4.69) is 0 Å². The van der Waals surface area contributed by atoms with Gasteiger partial charge in [-0.1, -0.05) is 0 Å². The van der Waals surface area contributed by atoms with Crippen LogP contribution in [0.2, 0.25) is 0 Å². The van der Waals surface area contributed by atoms with Crippen molar-refractivity contribution in [3.63, 3.8) is 0 Å². The Morgan fingerprint density at radius 3 is 1.20 bits per heavy atom. The maximum Gasteiger partial charge on any atom is 0.115 e. The highest BCUT2D eigenvalue weighted by molar-refractivity contribution is 5.44. The lowest BCUT2D eigenvalue weighted by Crippen LogP contribution is -2.60. The molecule has 0 bridgehead atoms. The molecule has 2 unspecified atom stereocenters. The molecular weight excluding hydrogens is 128 g/mol. The van der Waals surface area contributed by atoms with Gasteiger partial charge in [0.05, 0.1) is 0 Å². The summed E-state index contributed by atoms with van der Waals surface area (Å²) >= 11 is 0. The lowest BCUT2D eigenvalue weighted by atomic mass is 9.63. The summed E-state index contributed by atoms with van der Waals surface area (Å²) in [5.74, 6) is 0. The molecule has 10 heavy (non-hydrogen) atoms. The van der Waals surface area contributed by atoms with E-state index in [1.807, 2.05) is 13.8 Å². The Balaban J connectivity index is 3.10. The lowest BCUT2D eigenvalue weighted by molar-refractivity contribution is -0.112. The molecule has 0 radical (unpaired) electrons. The van der Waals surface area contributed by atoms with Crippen molar-refractivity contribution in [2.75, 3.05) is 0 Å². The van der Waals surface area contributed by atoms with Crippen molar-refractivity contribution in [1.29, 1.82) is 0 Å². The third kappa shape index (κ3) is 0.559. The molecule has 0 fully saturated rings. The molecule has 2 atom stereocenters. The zero-order valence-electron chi connectivity index (χ0n) is 6.89. The number of rotatable bonds is 0. The van der Waals surface area contributed by atoms with Crippen molar-refractivity contribution < 1.29 is 10.2 Å². The largest absolute Gasteiger partial charge is 0.382 e. The molecule has 2 N–H and O–H groups in total. The Labute approximate surface area is 61.2 Å². The SMILES string of the molecule is CC1=C(C)C(C)(O)C1(C)O. The molecule has 0 spiro atoms. The van der Waals surface area contributed by atoms with Crippen LogP contribution in [0.5, 0.6) is 0 Å². The van der Waals surface area contributed by atoms with Crippen molar-refractivity contribution in [2.45, 2.75) is 38.9 Å². The van der Waals surface area contributed by atoms with E-state index in [4.69, 9.17) is 0 Å². The predicted molar refractivity (Wildman–Crippen MR) is 39.6 cm³/mol. The molecule has 0 aromatic rings. The summed E-state index contributed by atoms with van der Waals surface area (Å²) in [6.45, 7) is 6.95. The Morgan fingerprint density at radius 1 is 0.900 bits per heavy atom. The second kappa shape index (κ2) is 1.63. The van der Waals surface area contributed by atoms with E-state index in [-0.39, 0.29) is 0 Å². The topological polar surface area (TPSA) is 40.5 Å². The molecule has 2 heteroatoms. The first kappa shape index (κ1) is 7.76. The number of hydrogen-bond acceptors (Lipinski definition) is 2. The van der Waals surface area contributed by atoms with Crippen molar-refractivity contribution in [2.24, 2.45) is 0 Å². The van der Waals surface area contributed by atoms with E-state index in [1.54, 1.807) is 13.8 Å². The van der Waals surface area contributed by atoms with Crippen LogP contribution in [-0.2, 0) is 0 Å². The van der Waals surface area contributed by atoms with Gasteiger partial charge in [0, 0.05) is 0 Å². The van der Waals surface area contributed by atoms with Gasteiger partial charge in [-0.05, 0) is 38.8 Å². The summed E-state index contributed by atoms with van der Waals surface area (Å²) in [5, 5.41) is 19.1. The molecule has 0 heterocycles. The van der Waals surface area contributed by atoms with E-state index >= 15 is 0 Å². The van der Waals surface area contributed by atoms with Gasteiger partial charge in [-0.3, -0.25) is 0 Å². The molecule has 0 aromatic carbocycles. The summed E-state index contributed by atoms with van der Waals surface area (Å²) in [4.78, 5) is 0. The van der Waals surface area contributed by atoms with Crippen molar-refractivity contribution in [3.05, 3.63) is 11.1 Å². The van der Waals surface area contributed by atoms with Gasteiger partial charge in [-0.2, -0.15) is 0 Å². The van der Waals surface area contributed by atoms with E-state index in [9.17, 15) is 10.2 Å². The van der Waals surface area contributed by atoms with Crippen molar-refractivity contribution in [3.8, 4) is 0 Å². The fraction of sp³-hybridized carbons (Fsp3) is 0.750. The molecule has 0 aromatic heterocycles. The maximum atomic E-state index is 9.57. The van der Waals surface area contributed by atoms with E-state index in [1.165, 1.54) is 0 Å². The minimum absolute atomic E-state index is 0.887. The van der Waals surface area contributed by atoms with Crippen LogP contribution in [-0.4, -0.2) is 21.4 Å². The molecule has 58 valence electrons. The van der Waals surface area contributed by atoms with Crippen LogP contribution >= 0.6 is 0 Å². The van der Waals surface area contributed by atoms with Gasteiger partial charge < -0.3 is 10.2 Å². The molecular formula is C8H14O2. The van der Waals surface area contributed by atoms with Crippen LogP contribution in [0.25, 0.3) is 0 Å². The third-order valence-corrected chi connectivity index (χ3v) is 2.97. The second-order valence-electron chi connectivity index (χ2n) is 3.39. The highest BCUT2D eigenvalue weighted by Crippen LogP contribution is 2.46. The molecule has 1 aliphatic rings. The van der Waals surface area contributed by atoms with Gasteiger partial charge in [0.1, 0.15) is 11.2 Å². The van der Waals surface area contributed by atoms with E-state index in [0.29, 0.717) is 0 Å². The molecule has 0 amide bonds. The van der Waals surface area contributed by atoms with Crippen LogP contribution < -0.4 is 0 Å². The quantitative estimate of drug-likeness (QED) is 0.492. The molecule has 0 aliphatic heterocycles. The van der Waals surface area contributed by atoms with Gasteiger partial charge in [-0.15, -0.1) is 0 Å². The standard InChI is InChI=1S/C8H14O2/c1-5-6(2)8(4,10)7(5,3)9/h9-10H,1-4H3. The van der Waals surface area contributed by atoms with E-state index < -0.39 is 11.2 Å². The van der Waals surface area contributed by atoms with Crippen LogP contribution in [0.4, 0.5) is 0 Å². The van der Waals surface area contributed by atoms with Crippen LogP contribution in [0.1, 0.15) is 27.7 Å². The highest BCUT2D eigenvalue weighted by atomic mass is 16.4. The smallest absolute Gasteiger partial charge is 0.115 e. The van der Waals surface area contributed by atoms with Gasteiger partial charge in [0.15, 0.2) is 0 Å². The first-order valence-electron chi connectivity index (χ1n) is 3.45. The van der Waals surface area contributed by atoms with Crippen LogP contribution in [0.3, 0.4) is 0 Å². The Morgan fingerprint density at radius 2 is 1.10 bits per heavy atom. The van der Waals surface area contributed by atoms with E-state index in [0.717, 1.165) is 11.1 Å². The maximum absolute atomic E-state index is 9.57. The van der Waals surface area contributed by atoms with Gasteiger partial charge in [0.2, 0.25) is 0 Å². The summed E-state index contributed by atoms with van der Waals surface area (Å²) in [5.41, 5.74) is -0.260. The second-order valence-corrected chi connectivity index (χ2v) is 3.39. The normalized spacial score (nSPS) is 47.4. The summed E-state index contributed by atoms with van der Waals surface area (Å²) in [6, 6.07) is 0. The average molecular weight is 142 g/mol. The molecule has 1 aliphatic carbocycles. The monoisotopic (exact) mass is 142 g/mol. The molecule has 2 nitrogen and oxygen atoms in total. The highest BCUT2D eigenvalue weighted by Gasteiger charge is 2.53. The van der Waals surface area contributed by atoms with Crippen LogP contribution in [0.15, 0.2) is 11.1 Å². The molecule has 0 saturated heterocycles. The van der Waals surface area contributed by atoms with Crippen molar-refractivity contribution >= 4 is 0 Å². The zero-order valence-corrected chi connectivity index (χ0v) is 6.89. The molecule has 1 rings (SSSR count). The van der Waals surface area contributed by atoms with Gasteiger partial charge in [0.25, 0.3) is 0 Å². The first-order valence-corrected chi connectivity index (χ1v) is 3.45. The minimum Gasteiger partial charge on any atom is -0.382 e. The minimum atomic E-state index is -1.02. The predicted octanol–water partition coefficient (Wildman–Crippen LogP) is 0.838. The Kier molecular flexibility index (Phi) is 1.26. The summed E-state index contributed by atoms with van der Waals surface area (Å²) < 4.78 is 0. The number of hydrogen-bond donors (Lipinski definition) is 2. The summed E-state index contributed by atoms with van der Waals surface area (Å²) in [7, 11) is 0. The fourth-order valence-electron chi connectivity index (χ4n) is 1.40. The summed E-state index contributed by atoms with van der Waals surface area (Å²) in [6.07, 6.45) is 0. The average Bonchev–Trinajstić information content (AvgIpc) is 1.84. The fourth-order valence-corrected chi connectivity index (χ4v) is 1.40. The Bertz CT molecular complexity index is 177. The lowest BCUT2D eigenvalue weighted by Gasteiger charge is -2.50. The first-order chi connectivity index (χ1) is 4.32. The van der Waals surface area contributed by atoms with Crippen LogP contribution in [0, 0.1) is 0 Å². The third-order valence-electron chi connectivity index (χ3n) is 2.97.